The molecular formula is C16H27NO2. The largest absolute Gasteiger partial charge is 0.491 e. The van der Waals surface area contributed by atoms with Crippen molar-refractivity contribution in [3.8, 4) is 5.75 Å². The Labute approximate surface area is 117 Å². The Hall–Kier alpha value is -1.06. The van der Waals surface area contributed by atoms with Gasteiger partial charge < -0.3 is 14.8 Å². The molecule has 1 rings (SSSR count). The lowest BCUT2D eigenvalue weighted by molar-refractivity contribution is 0.102. The summed E-state index contributed by atoms with van der Waals surface area (Å²) in [6, 6.07) is 6.17. The molecule has 0 bridgehead atoms. The van der Waals surface area contributed by atoms with Crippen molar-refractivity contribution in [2.45, 2.75) is 33.6 Å². The van der Waals surface area contributed by atoms with Gasteiger partial charge in [-0.2, -0.15) is 0 Å². The van der Waals surface area contributed by atoms with Crippen LogP contribution in [0.2, 0.25) is 0 Å². The maximum atomic E-state index is 5.64. The smallest absolute Gasteiger partial charge is 0.119 e. The molecule has 0 aliphatic heterocycles. The van der Waals surface area contributed by atoms with Gasteiger partial charge in [0.2, 0.25) is 0 Å². The van der Waals surface area contributed by atoms with Gasteiger partial charge in [0.05, 0.1) is 13.2 Å². The minimum Gasteiger partial charge on any atom is -0.491 e. The van der Waals surface area contributed by atoms with E-state index in [1.54, 1.807) is 0 Å². The molecule has 1 aromatic rings. The van der Waals surface area contributed by atoms with Crippen LogP contribution in [0.15, 0.2) is 18.2 Å². The molecule has 0 spiro atoms. The zero-order valence-electron chi connectivity index (χ0n) is 12.5. The van der Waals surface area contributed by atoms with E-state index in [4.69, 9.17) is 9.47 Å². The highest BCUT2D eigenvalue weighted by molar-refractivity contribution is 5.33. The van der Waals surface area contributed by atoms with Gasteiger partial charge >= 0.3 is 0 Å². The number of rotatable bonds is 10. The van der Waals surface area contributed by atoms with Crippen molar-refractivity contribution in [2.24, 2.45) is 0 Å². The molecule has 0 heterocycles. The third-order valence-corrected chi connectivity index (χ3v) is 3.11. The van der Waals surface area contributed by atoms with Crippen LogP contribution in [0.4, 0.5) is 0 Å². The third-order valence-electron chi connectivity index (χ3n) is 3.11. The van der Waals surface area contributed by atoms with Gasteiger partial charge in [-0.3, -0.25) is 0 Å². The Bertz CT molecular complexity index is 353. The van der Waals surface area contributed by atoms with Gasteiger partial charge in [0.1, 0.15) is 12.4 Å². The van der Waals surface area contributed by atoms with Crippen molar-refractivity contribution in [2.75, 3.05) is 32.9 Å². The lowest BCUT2D eigenvalue weighted by atomic mass is 10.1. The molecule has 0 aliphatic rings. The minimum atomic E-state index is 0.609. The molecule has 0 saturated heterocycles. The summed E-state index contributed by atoms with van der Waals surface area (Å²) < 4.78 is 11.1. The average molecular weight is 265 g/mol. The third kappa shape index (κ3) is 7.19. The molecule has 0 radical (unpaired) electrons. The number of benzene rings is 1. The molecule has 0 fully saturated rings. The monoisotopic (exact) mass is 265 g/mol. The predicted octanol–water partition coefficient (Wildman–Crippen LogP) is 3.09. The molecule has 0 aliphatic carbocycles. The first-order valence-electron chi connectivity index (χ1n) is 7.22. The Morgan fingerprint density at radius 3 is 2.58 bits per heavy atom. The molecule has 0 aromatic heterocycles. The topological polar surface area (TPSA) is 30.5 Å². The van der Waals surface area contributed by atoms with Crippen LogP contribution in [0.1, 0.15) is 30.9 Å². The zero-order valence-corrected chi connectivity index (χ0v) is 12.5. The molecular weight excluding hydrogens is 238 g/mol. The Balaban J connectivity index is 2.00. The zero-order chi connectivity index (χ0) is 13.9. The summed E-state index contributed by atoms with van der Waals surface area (Å²) in [4.78, 5) is 0. The van der Waals surface area contributed by atoms with E-state index >= 15 is 0 Å². The van der Waals surface area contributed by atoms with Gasteiger partial charge in [0.25, 0.3) is 0 Å². The molecule has 0 amide bonds. The number of unbranched alkanes of at least 4 members (excludes halogenated alkanes) is 1. The van der Waals surface area contributed by atoms with E-state index in [9.17, 15) is 0 Å². The van der Waals surface area contributed by atoms with E-state index in [1.165, 1.54) is 24.0 Å². The highest BCUT2D eigenvalue weighted by Crippen LogP contribution is 2.16. The summed E-state index contributed by atoms with van der Waals surface area (Å²) in [5.41, 5.74) is 2.56. The van der Waals surface area contributed by atoms with Crippen molar-refractivity contribution in [3.05, 3.63) is 29.3 Å². The molecule has 0 unspecified atom stereocenters. The SMILES string of the molecule is CCCCNCCOCCOc1ccc(C)c(C)c1. The first-order valence-corrected chi connectivity index (χ1v) is 7.22. The quantitative estimate of drug-likeness (QED) is 0.659. The molecule has 3 heteroatoms. The fourth-order valence-electron chi connectivity index (χ4n) is 1.70. The van der Waals surface area contributed by atoms with E-state index in [-0.39, 0.29) is 0 Å². The molecule has 1 N–H and O–H groups in total. The number of ether oxygens (including phenoxy) is 2. The highest BCUT2D eigenvalue weighted by Gasteiger charge is 1.97. The van der Waals surface area contributed by atoms with E-state index in [0.29, 0.717) is 13.2 Å². The summed E-state index contributed by atoms with van der Waals surface area (Å²) >= 11 is 0. The molecule has 1 aromatic carbocycles. The summed E-state index contributed by atoms with van der Waals surface area (Å²) in [5.74, 6) is 0.924. The average Bonchev–Trinajstić information content (AvgIpc) is 2.41. The van der Waals surface area contributed by atoms with E-state index in [2.05, 4.69) is 38.2 Å². The lowest BCUT2D eigenvalue weighted by Gasteiger charge is -2.09. The molecule has 3 nitrogen and oxygen atoms in total. The second-order valence-electron chi connectivity index (χ2n) is 4.81. The van der Waals surface area contributed by atoms with Crippen LogP contribution in [-0.2, 0) is 4.74 Å². The first kappa shape index (κ1) is 16.0. The summed E-state index contributed by atoms with van der Waals surface area (Å²) in [7, 11) is 0. The second-order valence-corrected chi connectivity index (χ2v) is 4.81. The second kappa shape index (κ2) is 9.82. The van der Waals surface area contributed by atoms with Gasteiger partial charge in [-0.15, -0.1) is 0 Å². The molecule has 0 saturated carbocycles. The van der Waals surface area contributed by atoms with Gasteiger partial charge in [-0.25, -0.2) is 0 Å². The Morgan fingerprint density at radius 1 is 1.00 bits per heavy atom. The van der Waals surface area contributed by atoms with Crippen LogP contribution in [0, 0.1) is 13.8 Å². The molecule has 108 valence electrons. The summed E-state index contributed by atoms with van der Waals surface area (Å²) in [5, 5.41) is 3.34. The van der Waals surface area contributed by atoms with E-state index < -0.39 is 0 Å². The number of aryl methyl sites for hydroxylation is 2. The summed E-state index contributed by atoms with van der Waals surface area (Å²) in [6.45, 7) is 10.4. The number of hydrogen-bond donors (Lipinski definition) is 1. The van der Waals surface area contributed by atoms with Crippen molar-refractivity contribution in [1.82, 2.24) is 5.32 Å². The number of nitrogens with one attached hydrogen (secondary N) is 1. The van der Waals surface area contributed by atoms with Gasteiger partial charge in [0.15, 0.2) is 0 Å². The van der Waals surface area contributed by atoms with Gasteiger partial charge in [0, 0.05) is 6.54 Å². The van der Waals surface area contributed by atoms with Crippen LogP contribution in [0.25, 0.3) is 0 Å². The first-order chi connectivity index (χ1) is 9.24. The summed E-state index contributed by atoms with van der Waals surface area (Å²) in [6.07, 6.45) is 2.47. The lowest BCUT2D eigenvalue weighted by Crippen LogP contribution is -2.21. The standard InChI is InChI=1S/C16H27NO2/c1-4-5-8-17-9-10-18-11-12-19-16-7-6-14(2)15(3)13-16/h6-7,13,17H,4-5,8-12H2,1-3H3. The van der Waals surface area contributed by atoms with Crippen molar-refractivity contribution < 1.29 is 9.47 Å². The predicted molar refractivity (Wildman–Crippen MR) is 80.0 cm³/mol. The van der Waals surface area contributed by atoms with Crippen LogP contribution in [-0.4, -0.2) is 32.9 Å². The fraction of sp³-hybridized carbons (Fsp3) is 0.625. The minimum absolute atomic E-state index is 0.609. The Morgan fingerprint density at radius 2 is 1.84 bits per heavy atom. The van der Waals surface area contributed by atoms with Crippen LogP contribution in [0.3, 0.4) is 0 Å². The van der Waals surface area contributed by atoms with Crippen LogP contribution < -0.4 is 10.1 Å². The highest BCUT2D eigenvalue weighted by atomic mass is 16.5. The Kier molecular flexibility index (Phi) is 8.26. The van der Waals surface area contributed by atoms with Crippen molar-refractivity contribution in [1.29, 1.82) is 0 Å². The fourth-order valence-corrected chi connectivity index (χ4v) is 1.70. The maximum absolute atomic E-state index is 5.64. The molecule has 19 heavy (non-hydrogen) atoms. The molecule has 0 atom stereocenters. The van der Waals surface area contributed by atoms with Crippen LogP contribution >= 0.6 is 0 Å². The van der Waals surface area contributed by atoms with Crippen molar-refractivity contribution in [3.63, 3.8) is 0 Å². The van der Waals surface area contributed by atoms with Gasteiger partial charge in [-0.1, -0.05) is 19.4 Å². The normalized spacial score (nSPS) is 10.7. The van der Waals surface area contributed by atoms with Crippen molar-refractivity contribution >= 4 is 0 Å². The number of hydrogen-bond acceptors (Lipinski definition) is 3. The van der Waals surface area contributed by atoms with E-state index in [1.807, 2.05) is 6.07 Å². The van der Waals surface area contributed by atoms with Crippen LogP contribution in [0.5, 0.6) is 5.75 Å². The van der Waals surface area contributed by atoms with E-state index in [0.717, 1.165) is 25.4 Å². The van der Waals surface area contributed by atoms with Gasteiger partial charge in [-0.05, 0) is 50.1 Å². The maximum Gasteiger partial charge on any atom is 0.119 e.